The summed E-state index contributed by atoms with van der Waals surface area (Å²) in [6.07, 6.45) is 2.20. The van der Waals surface area contributed by atoms with Crippen LogP contribution in [0.4, 0.5) is 0 Å². The van der Waals surface area contributed by atoms with Crippen LogP contribution in [0.3, 0.4) is 0 Å². The van der Waals surface area contributed by atoms with Gasteiger partial charge in [0.2, 0.25) is 0 Å². The number of hydrogen-bond donors (Lipinski definition) is 2. The molecule has 2 aliphatic rings. The Hall–Kier alpha value is -1.26. The van der Waals surface area contributed by atoms with Crippen LogP contribution < -0.4 is 5.73 Å². The minimum Gasteiger partial charge on any atom is -0.507 e. The first kappa shape index (κ1) is 14.2. The van der Waals surface area contributed by atoms with Crippen LogP contribution in [-0.4, -0.2) is 35.0 Å². The maximum absolute atomic E-state index is 12.3. The van der Waals surface area contributed by atoms with Gasteiger partial charge in [-0.1, -0.05) is 12.1 Å². The van der Waals surface area contributed by atoms with Crippen molar-refractivity contribution in [1.29, 1.82) is 0 Å². The van der Waals surface area contributed by atoms with E-state index in [2.05, 4.69) is 0 Å². The molecular weight excluding hydrogens is 264 g/mol. The molecule has 104 valence electrons. The molecule has 1 aliphatic heterocycles. The monoisotopic (exact) mass is 282 g/mol. The van der Waals surface area contributed by atoms with Crippen LogP contribution in [0.2, 0.25) is 0 Å². The molecule has 1 heterocycles. The van der Waals surface area contributed by atoms with Crippen LogP contribution >= 0.6 is 12.4 Å². The number of halogens is 1. The van der Waals surface area contributed by atoms with Gasteiger partial charge in [-0.3, -0.25) is 4.79 Å². The second-order valence-corrected chi connectivity index (χ2v) is 5.39. The molecule has 1 aromatic carbocycles. The summed E-state index contributed by atoms with van der Waals surface area (Å²) in [5.74, 6) is 0.980. The Morgan fingerprint density at radius 1 is 1.26 bits per heavy atom. The van der Waals surface area contributed by atoms with Crippen LogP contribution in [0, 0.1) is 11.8 Å². The topological polar surface area (TPSA) is 66.6 Å². The van der Waals surface area contributed by atoms with Crippen molar-refractivity contribution in [3.05, 3.63) is 29.8 Å². The average molecular weight is 283 g/mol. The third-order valence-corrected chi connectivity index (χ3v) is 4.33. The lowest BCUT2D eigenvalue weighted by molar-refractivity contribution is 0.0776. The second-order valence-electron chi connectivity index (χ2n) is 5.39. The molecule has 3 rings (SSSR count). The number of amides is 1. The number of aromatic hydroxyl groups is 1. The van der Waals surface area contributed by atoms with Gasteiger partial charge in [-0.15, -0.1) is 12.4 Å². The Morgan fingerprint density at radius 2 is 2.00 bits per heavy atom. The summed E-state index contributed by atoms with van der Waals surface area (Å²) >= 11 is 0. The molecule has 1 aromatic rings. The summed E-state index contributed by atoms with van der Waals surface area (Å²) in [4.78, 5) is 14.2. The molecular formula is C14H19ClN2O2. The average Bonchev–Trinajstić information content (AvgIpc) is 2.92. The van der Waals surface area contributed by atoms with Crippen molar-refractivity contribution in [2.45, 2.75) is 18.9 Å². The van der Waals surface area contributed by atoms with Crippen molar-refractivity contribution < 1.29 is 9.90 Å². The first-order chi connectivity index (χ1) is 8.66. The van der Waals surface area contributed by atoms with Crippen LogP contribution in [0.5, 0.6) is 5.75 Å². The third kappa shape index (κ3) is 2.42. The highest BCUT2D eigenvalue weighted by Crippen LogP contribution is 2.38. The predicted molar refractivity (Wildman–Crippen MR) is 75.4 cm³/mol. The number of hydrogen-bond acceptors (Lipinski definition) is 3. The number of likely N-dealkylation sites (tertiary alicyclic amines) is 1. The summed E-state index contributed by atoms with van der Waals surface area (Å²) in [7, 11) is 0. The molecule has 0 radical (unpaired) electrons. The Labute approximate surface area is 119 Å². The van der Waals surface area contributed by atoms with Crippen LogP contribution in [0.15, 0.2) is 24.3 Å². The van der Waals surface area contributed by atoms with E-state index in [4.69, 9.17) is 5.73 Å². The maximum atomic E-state index is 12.3. The van der Waals surface area contributed by atoms with Crippen molar-refractivity contribution in [3.63, 3.8) is 0 Å². The maximum Gasteiger partial charge on any atom is 0.257 e. The molecule has 1 amide bonds. The zero-order chi connectivity index (χ0) is 12.7. The summed E-state index contributed by atoms with van der Waals surface area (Å²) < 4.78 is 0. The van der Waals surface area contributed by atoms with Gasteiger partial charge in [-0.25, -0.2) is 0 Å². The molecule has 19 heavy (non-hydrogen) atoms. The normalized spacial score (nSPS) is 28.9. The summed E-state index contributed by atoms with van der Waals surface area (Å²) in [6.45, 7) is 1.52. The van der Waals surface area contributed by atoms with Gasteiger partial charge in [0, 0.05) is 19.1 Å². The van der Waals surface area contributed by atoms with Gasteiger partial charge in [0.1, 0.15) is 5.75 Å². The number of carbonyl (C=O) groups is 1. The lowest BCUT2D eigenvalue weighted by Crippen LogP contribution is -2.33. The number of benzene rings is 1. The predicted octanol–water partition coefficient (Wildman–Crippen LogP) is 1.62. The van der Waals surface area contributed by atoms with Gasteiger partial charge in [-0.05, 0) is 36.8 Å². The van der Waals surface area contributed by atoms with Crippen molar-refractivity contribution in [2.24, 2.45) is 17.6 Å². The van der Waals surface area contributed by atoms with E-state index in [-0.39, 0.29) is 30.1 Å². The number of para-hydroxylation sites is 1. The molecule has 2 fully saturated rings. The molecule has 0 bridgehead atoms. The Bertz CT molecular complexity index is 480. The number of phenolic OH excluding ortho intramolecular Hbond substituents is 1. The summed E-state index contributed by atoms with van der Waals surface area (Å²) in [5.41, 5.74) is 6.46. The van der Waals surface area contributed by atoms with E-state index in [1.54, 1.807) is 24.3 Å². The van der Waals surface area contributed by atoms with Gasteiger partial charge >= 0.3 is 0 Å². The quantitative estimate of drug-likeness (QED) is 0.823. The first-order valence-electron chi connectivity index (χ1n) is 6.49. The highest BCUT2D eigenvalue weighted by Gasteiger charge is 2.42. The molecule has 3 N–H and O–H groups in total. The van der Waals surface area contributed by atoms with Crippen LogP contribution in [-0.2, 0) is 0 Å². The third-order valence-electron chi connectivity index (χ3n) is 4.33. The Balaban J connectivity index is 0.00000133. The second kappa shape index (κ2) is 5.39. The van der Waals surface area contributed by atoms with E-state index in [0.29, 0.717) is 17.4 Å². The van der Waals surface area contributed by atoms with Crippen molar-refractivity contribution in [1.82, 2.24) is 4.90 Å². The summed E-state index contributed by atoms with van der Waals surface area (Å²) in [6, 6.07) is 6.95. The van der Waals surface area contributed by atoms with Crippen LogP contribution in [0.1, 0.15) is 23.2 Å². The zero-order valence-electron chi connectivity index (χ0n) is 10.7. The number of rotatable bonds is 1. The Morgan fingerprint density at radius 3 is 2.68 bits per heavy atom. The molecule has 5 heteroatoms. The first-order valence-corrected chi connectivity index (χ1v) is 6.49. The molecule has 1 saturated heterocycles. The van der Waals surface area contributed by atoms with Gasteiger partial charge in [-0.2, -0.15) is 0 Å². The lowest BCUT2D eigenvalue weighted by atomic mass is 9.98. The molecule has 1 saturated carbocycles. The van der Waals surface area contributed by atoms with Crippen molar-refractivity contribution in [2.75, 3.05) is 13.1 Å². The number of carbonyl (C=O) groups excluding carboxylic acids is 1. The minimum atomic E-state index is -0.0744. The van der Waals surface area contributed by atoms with E-state index in [0.717, 1.165) is 25.9 Å². The lowest BCUT2D eigenvalue weighted by Gasteiger charge is -2.19. The van der Waals surface area contributed by atoms with Crippen molar-refractivity contribution in [3.8, 4) is 5.75 Å². The Kier molecular flexibility index (Phi) is 4.02. The molecule has 0 spiro atoms. The standard InChI is InChI=1S/C14H18N2O2.ClH/c15-12-6-5-9-7-16(8-11(9)12)14(18)10-3-1-2-4-13(10)17;/h1-4,9,11-12,17H,5-8,15H2;1H. The van der Waals surface area contributed by atoms with Crippen molar-refractivity contribution >= 4 is 18.3 Å². The number of nitrogens with two attached hydrogens (primary N) is 1. The largest absolute Gasteiger partial charge is 0.507 e. The number of phenols is 1. The fourth-order valence-corrected chi connectivity index (χ4v) is 3.30. The highest BCUT2D eigenvalue weighted by molar-refractivity contribution is 5.97. The van der Waals surface area contributed by atoms with Gasteiger partial charge in [0.05, 0.1) is 5.56 Å². The van der Waals surface area contributed by atoms with Gasteiger partial charge in [0.15, 0.2) is 0 Å². The fraction of sp³-hybridized carbons (Fsp3) is 0.500. The molecule has 4 nitrogen and oxygen atoms in total. The fourth-order valence-electron chi connectivity index (χ4n) is 3.30. The molecule has 0 aromatic heterocycles. The zero-order valence-corrected chi connectivity index (χ0v) is 11.5. The molecule has 1 aliphatic carbocycles. The number of fused-ring (bicyclic) bond motifs is 1. The van der Waals surface area contributed by atoms with E-state index < -0.39 is 0 Å². The highest BCUT2D eigenvalue weighted by atomic mass is 35.5. The van der Waals surface area contributed by atoms with E-state index in [1.165, 1.54) is 0 Å². The van der Waals surface area contributed by atoms with Crippen LogP contribution in [0.25, 0.3) is 0 Å². The van der Waals surface area contributed by atoms with E-state index in [1.807, 2.05) is 4.90 Å². The molecule has 3 unspecified atom stereocenters. The minimum absolute atomic E-state index is 0. The van der Waals surface area contributed by atoms with E-state index in [9.17, 15) is 9.90 Å². The summed E-state index contributed by atoms with van der Waals surface area (Å²) in [5, 5.41) is 9.72. The number of nitrogens with zero attached hydrogens (tertiary/aromatic N) is 1. The van der Waals surface area contributed by atoms with E-state index >= 15 is 0 Å². The molecule has 3 atom stereocenters. The van der Waals surface area contributed by atoms with Gasteiger partial charge in [0.25, 0.3) is 5.91 Å². The smallest absolute Gasteiger partial charge is 0.257 e. The van der Waals surface area contributed by atoms with Gasteiger partial charge < -0.3 is 15.7 Å². The SMILES string of the molecule is Cl.NC1CCC2CN(C(=O)c3ccccc3O)CC12.